The first-order valence-corrected chi connectivity index (χ1v) is 11.9. The van der Waals surface area contributed by atoms with Crippen molar-refractivity contribution in [3.8, 4) is 0 Å². The first-order chi connectivity index (χ1) is 13.3. The van der Waals surface area contributed by atoms with Crippen LogP contribution in [0.3, 0.4) is 0 Å². The van der Waals surface area contributed by atoms with Crippen LogP contribution in [-0.2, 0) is 20.0 Å². The van der Waals surface area contributed by atoms with Crippen molar-refractivity contribution >= 4 is 26.1 Å². The van der Waals surface area contributed by atoms with Gasteiger partial charge in [0.05, 0.1) is 42.5 Å². The van der Waals surface area contributed by atoms with Crippen LogP contribution in [0.1, 0.15) is 5.56 Å². The second-order valence-corrected chi connectivity index (χ2v) is 10.2. The fraction of sp³-hybridized carbons (Fsp3) is 0.263. The molecule has 1 fully saturated rings. The maximum atomic E-state index is 12.8. The van der Waals surface area contributed by atoms with Crippen LogP contribution in [0.4, 0.5) is 0 Å². The van der Waals surface area contributed by atoms with Gasteiger partial charge in [0.1, 0.15) is 0 Å². The minimum absolute atomic E-state index is 0.0762. The Morgan fingerprint density at radius 3 is 2.04 bits per heavy atom. The van der Waals surface area contributed by atoms with Gasteiger partial charge in [-0.15, -0.1) is 0 Å². The van der Waals surface area contributed by atoms with E-state index in [-0.39, 0.29) is 9.79 Å². The van der Waals surface area contributed by atoms with Crippen LogP contribution in [0.5, 0.6) is 0 Å². The molecule has 1 saturated heterocycles. The van der Waals surface area contributed by atoms with E-state index in [9.17, 15) is 16.8 Å². The zero-order valence-electron chi connectivity index (χ0n) is 15.4. The van der Waals surface area contributed by atoms with Gasteiger partial charge in [-0.25, -0.2) is 22.0 Å². The first kappa shape index (κ1) is 20.7. The molecule has 0 amide bonds. The van der Waals surface area contributed by atoms with Crippen molar-refractivity contribution < 1.29 is 21.7 Å². The van der Waals surface area contributed by atoms with Crippen LogP contribution in [0.2, 0.25) is 0 Å². The van der Waals surface area contributed by atoms with Gasteiger partial charge in [0.2, 0.25) is 20.0 Å². The summed E-state index contributed by atoms with van der Waals surface area (Å²) in [6.45, 7) is 3.12. The Hall–Kier alpha value is -2.04. The summed E-state index contributed by atoms with van der Waals surface area (Å²) in [5, 5.41) is 5.06. The third-order valence-corrected chi connectivity index (χ3v) is 7.58. The number of nitrogens with two attached hydrogens (primary N) is 1. The number of hydrogen-bond donors (Lipinski definition) is 2. The highest BCUT2D eigenvalue weighted by atomic mass is 32.2. The summed E-state index contributed by atoms with van der Waals surface area (Å²) in [6, 6.07) is 15.1. The fourth-order valence-corrected chi connectivity index (χ4v) is 5.08. The molecule has 7 nitrogen and oxygen atoms in total. The lowest BCUT2D eigenvalue weighted by molar-refractivity contribution is -0.897. The predicted molar refractivity (Wildman–Crippen MR) is 108 cm³/mol. The van der Waals surface area contributed by atoms with Crippen LogP contribution in [-0.4, -0.2) is 53.9 Å². The molecule has 0 spiro atoms. The van der Waals surface area contributed by atoms with E-state index in [1.165, 1.54) is 33.5 Å². The number of nitrogens with zero attached hydrogens (tertiary/aromatic N) is 1. The van der Waals surface area contributed by atoms with Gasteiger partial charge in [0.25, 0.3) is 0 Å². The van der Waals surface area contributed by atoms with Gasteiger partial charge in [-0.3, -0.25) is 0 Å². The standard InChI is InChI=1S/C19H23N3O4S2/c20-27(23,24)18-8-10-19(11-9-18)28(25,26)22-15-13-21(14-16-22)12-4-7-17-5-2-1-3-6-17/h1-11H,12-16H2,(H2,20,23,24)/p+1/b7-4+. The van der Waals surface area contributed by atoms with Gasteiger partial charge in [0, 0.05) is 0 Å². The topological polar surface area (TPSA) is 102 Å². The largest absolute Gasteiger partial charge is 0.329 e. The summed E-state index contributed by atoms with van der Waals surface area (Å²) in [7, 11) is -7.49. The minimum atomic E-state index is -3.84. The van der Waals surface area contributed by atoms with Crippen LogP contribution in [0.15, 0.2) is 70.5 Å². The van der Waals surface area contributed by atoms with Crippen molar-refractivity contribution in [3.63, 3.8) is 0 Å². The van der Waals surface area contributed by atoms with Crippen LogP contribution < -0.4 is 10.0 Å². The van der Waals surface area contributed by atoms with Crippen molar-refractivity contribution in [1.29, 1.82) is 0 Å². The molecule has 1 aliphatic heterocycles. The van der Waals surface area contributed by atoms with Gasteiger partial charge in [-0.05, 0) is 35.9 Å². The summed E-state index contributed by atoms with van der Waals surface area (Å²) in [5.41, 5.74) is 1.14. The van der Waals surface area contributed by atoms with Crippen LogP contribution in [0.25, 0.3) is 6.08 Å². The summed E-state index contributed by atoms with van der Waals surface area (Å²) >= 11 is 0. The van der Waals surface area contributed by atoms with E-state index in [0.717, 1.165) is 12.1 Å². The lowest BCUT2D eigenvalue weighted by Crippen LogP contribution is -3.14. The summed E-state index contributed by atoms with van der Waals surface area (Å²) in [5.74, 6) is 0. The molecule has 150 valence electrons. The summed E-state index contributed by atoms with van der Waals surface area (Å²) in [6.07, 6.45) is 4.18. The van der Waals surface area contributed by atoms with Crippen LogP contribution in [0, 0.1) is 0 Å². The molecule has 0 atom stereocenters. The normalized spacial score (nSPS) is 17.2. The van der Waals surface area contributed by atoms with Crippen molar-refractivity contribution in [2.75, 3.05) is 32.7 Å². The predicted octanol–water partition coefficient (Wildman–Crippen LogP) is -0.0634. The van der Waals surface area contributed by atoms with E-state index >= 15 is 0 Å². The molecule has 3 N–H and O–H groups in total. The number of sulfonamides is 2. The number of piperazine rings is 1. The molecule has 0 aliphatic carbocycles. The van der Waals surface area contributed by atoms with Gasteiger partial charge in [0.15, 0.2) is 0 Å². The van der Waals surface area contributed by atoms with Crippen LogP contribution >= 0.6 is 0 Å². The molecule has 0 radical (unpaired) electrons. The van der Waals surface area contributed by atoms with Crippen molar-refractivity contribution in [2.24, 2.45) is 5.14 Å². The molecule has 9 heteroatoms. The SMILES string of the molecule is NS(=O)(=O)c1ccc(S(=O)(=O)N2CC[NH+](C/C=C/c3ccccc3)CC2)cc1. The van der Waals surface area contributed by atoms with E-state index in [1.807, 2.05) is 30.3 Å². The second-order valence-electron chi connectivity index (χ2n) is 6.69. The smallest absolute Gasteiger partial charge is 0.243 e. The molecule has 2 aromatic carbocycles. The van der Waals surface area contributed by atoms with Crippen molar-refractivity contribution in [2.45, 2.75) is 9.79 Å². The molecule has 0 aromatic heterocycles. The lowest BCUT2D eigenvalue weighted by atomic mass is 10.2. The Morgan fingerprint density at radius 2 is 1.46 bits per heavy atom. The molecular formula is C19H24N3O4S2+. The van der Waals surface area contributed by atoms with E-state index in [1.54, 1.807) is 0 Å². The van der Waals surface area contributed by atoms with Gasteiger partial charge in [-0.2, -0.15) is 4.31 Å². The zero-order chi connectivity index (χ0) is 20.2. The first-order valence-electron chi connectivity index (χ1n) is 8.95. The Balaban J connectivity index is 1.58. The number of primary sulfonamides is 1. The summed E-state index contributed by atoms with van der Waals surface area (Å²) in [4.78, 5) is 1.29. The van der Waals surface area contributed by atoms with Gasteiger partial charge >= 0.3 is 0 Å². The molecule has 0 saturated carbocycles. The van der Waals surface area contributed by atoms with Crippen molar-refractivity contribution in [1.82, 2.24) is 4.31 Å². The number of nitrogens with one attached hydrogen (secondary N) is 1. The van der Waals surface area contributed by atoms with Gasteiger partial charge in [-0.1, -0.05) is 36.4 Å². The van der Waals surface area contributed by atoms with E-state index in [2.05, 4.69) is 12.2 Å². The highest BCUT2D eigenvalue weighted by molar-refractivity contribution is 7.89. The van der Waals surface area contributed by atoms with E-state index in [0.29, 0.717) is 26.2 Å². The molecule has 0 bridgehead atoms. The molecule has 1 aliphatic rings. The minimum Gasteiger partial charge on any atom is -0.329 e. The Morgan fingerprint density at radius 1 is 0.893 bits per heavy atom. The fourth-order valence-electron chi connectivity index (χ4n) is 3.12. The molecule has 2 aromatic rings. The average molecular weight is 423 g/mol. The van der Waals surface area contributed by atoms with E-state index < -0.39 is 20.0 Å². The lowest BCUT2D eigenvalue weighted by Gasteiger charge is -2.31. The Bertz CT molecular complexity index is 1030. The zero-order valence-corrected chi connectivity index (χ0v) is 17.0. The number of quaternary nitrogens is 1. The third kappa shape index (κ3) is 5.06. The monoisotopic (exact) mass is 422 g/mol. The quantitative estimate of drug-likeness (QED) is 0.681. The Labute approximate surface area is 166 Å². The summed E-state index contributed by atoms with van der Waals surface area (Å²) < 4.78 is 49.6. The number of benzene rings is 2. The Kier molecular flexibility index (Phi) is 6.31. The second kappa shape index (κ2) is 8.54. The van der Waals surface area contributed by atoms with E-state index in [4.69, 9.17) is 5.14 Å². The molecule has 28 heavy (non-hydrogen) atoms. The maximum absolute atomic E-state index is 12.8. The maximum Gasteiger partial charge on any atom is 0.243 e. The molecule has 1 heterocycles. The van der Waals surface area contributed by atoms with Gasteiger partial charge < -0.3 is 4.90 Å². The average Bonchev–Trinajstić information content (AvgIpc) is 2.69. The van der Waals surface area contributed by atoms with Crippen molar-refractivity contribution in [3.05, 3.63) is 66.2 Å². The molecule has 3 rings (SSSR count). The number of hydrogen-bond acceptors (Lipinski definition) is 4. The molecular weight excluding hydrogens is 398 g/mol. The highest BCUT2D eigenvalue weighted by Crippen LogP contribution is 2.18. The number of rotatable bonds is 6. The molecule has 0 unspecified atom stereocenters. The highest BCUT2D eigenvalue weighted by Gasteiger charge is 2.30. The third-order valence-electron chi connectivity index (χ3n) is 4.74.